The second-order valence-electron chi connectivity index (χ2n) is 4.26. The van der Waals surface area contributed by atoms with Gasteiger partial charge in [0.15, 0.2) is 0 Å². The van der Waals surface area contributed by atoms with Crippen molar-refractivity contribution < 1.29 is 0 Å². The minimum Gasteiger partial charge on any atom is -0.131 e. The van der Waals surface area contributed by atoms with E-state index < -0.39 is 0 Å². The molecule has 1 heterocycles. The minimum absolute atomic E-state index is 0.0510. The molecule has 17 heavy (non-hydrogen) atoms. The molecule has 0 radical (unpaired) electrons. The lowest BCUT2D eigenvalue weighted by molar-refractivity contribution is 1.12. The van der Waals surface area contributed by atoms with E-state index in [2.05, 4.69) is 61.0 Å². The van der Waals surface area contributed by atoms with Gasteiger partial charge in [0.1, 0.15) is 0 Å². The molecule has 0 spiro atoms. The van der Waals surface area contributed by atoms with Gasteiger partial charge in [0.25, 0.3) is 0 Å². The number of hydrogen-bond acceptors (Lipinski definition) is 1. The number of thiophene rings is 1. The molecule has 0 aliphatic heterocycles. The number of aryl methyl sites for hydroxylation is 2. The van der Waals surface area contributed by atoms with E-state index in [1.54, 1.807) is 11.3 Å². The Morgan fingerprint density at radius 3 is 2.47 bits per heavy atom. The number of benzene rings is 1. The zero-order chi connectivity index (χ0) is 12.6. The summed E-state index contributed by atoms with van der Waals surface area (Å²) >= 11 is 11.9. The molecule has 0 aliphatic rings. The average Bonchev–Trinajstić information content (AvgIpc) is 2.62. The third-order valence-corrected chi connectivity index (χ3v) is 5.85. The SMILES string of the molecule is Cc1cc(C(Cl)c2cccc(C)c2C)sc1Br. The first-order chi connectivity index (χ1) is 8.00. The topological polar surface area (TPSA) is 0 Å². The van der Waals surface area contributed by atoms with Crippen molar-refractivity contribution in [1.82, 2.24) is 0 Å². The van der Waals surface area contributed by atoms with E-state index in [0.717, 1.165) is 0 Å². The minimum atomic E-state index is -0.0510. The Bertz CT molecular complexity index is 526. The van der Waals surface area contributed by atoms with Crippen LogP contribution < -0.4 is 0 Å². The maximum atomic E-state index is 6.58. The van der Waals surface area contributed by atoms with Gasteiger partial charge in [-0.3, -0.25) is 0 Å². The highest BCUT2D eigenvalue weighted by Crippen LogP contribution is 2.39. The summed E-state index contributed by atoms with van der Waals surface area (Å²) in [4.78, 5) is 1.20. The van der Waals surface area contributed by atoms with Crippen molar-refractivity contribution in [2.45, 2.75) is 26.1 Å². The van der Waals surface area contributed by atoms with E-state index in [4.69, 9.17) is 11.6 Å². The van der Waals surface area contributed by atoms with Crippen LogP contribution in [0.25, 0.3) is 0 Å². The maximum Gasteiger partial charge on any atom is 0.0930 e. The Morgan fingerprint density at radius 2 is 1.88 bits per heavy atom. The molecule has 0 bridgehead atoms. The smallest absolute Gasteiger partial charge is 0.0930 e. The Hall–Kier alpha value is -0.310. The predicted molar refractivity (Wildman–Crippen MR) is 80.4 cm³/mol. The lowest BCUT2D eigenvalue weighted by Gasteiger charge is -2.12. The van der Waals surface area contributed by atoms with Crippen LogP contribution in [0, 0.1) is 20.8 Å². The molecular formula is C14H14BrClS. The first-order valence-corrected chi connectivity index (χ1v) is 7.51. The molecule has 0 nitrogen and oxygen atoms in total. The van der Waals surface area contributed by atoms with Crippen LogP contribution in [0.3, 0.4) is 0 Å². The van der Waals surface area contributed by atoms with Gasteiger partial charge in [-0.15, -0.1) is 22.9 Å². The van der Waals surface area contributed by atoms with Gasteiger partial charge in [-0.2, -0.15) is 0 Å². The summed E-state index contributed by atoms with van der Waals surface area (Å²) in [6, 6.07) is 8.47. The molecule has 1 unspecified atom stereocenters. The molecular weight excluding hydrogens is 316 g/mol. The monoisotopic (exact) mass is 328 g/mol. The molecule has 0 saturated carbocycles. The molecule has 0 fully saturated rings. The second-order valence-corrected chi connectivity index (χ2v) is 7.10. The van der Waals surface area contributed by atoms with Gasteiger partial charge in [-0.05, 0) is 65.0 Å². The number of alkyl halides is 1. The third-order valence-electron chi connectivity index (χ3n) is 3.05. The molecule has 0 amide bonds. The number of hydrogen-bond donors (Lipinski definition) is 0. The van der Waals surface area contributed by atoms with Gasteiger partial charge >= 0.3 is 0 Å². The van der Waals surface area contributed by atoms with Gasteiger partial charge in [0, 0.05) is 4.88 Å². The standard InChI is InChI=1S/C14H14BrClS/c1-8-5-4-6-11(10(8)3)13(16)12-7-9(2)14(15)17-12/h4-7,13H,1-3H3. The van der Waals surface area contributed by atoms with Crippen LogP contribution in [-0.4, -0.2) is 0 Å². The summed E-state index contributed by atoms with van der Waals surface area (Å²) in [5.74, 6) is 0. The van der Waals surface area contributed by atoms with Gasteiger partial charge < -0.3 is 0 Å². The summed E-state index contributed by atoms with van der Waals surface area (Å²) in [5, 5.41) is -0.0510. The first kappa shape index (κ1) is 13.1. The van der Waals surface area contributed by atoms with E-state index in [9.17, 15) is 0 Å². The summed E-state index contributed by atoms with van der Waals surface area (Å²) in [5.41, 5.74) is 5.04. The Labute approximate surface area is 120 Å². The van der Waals surface area contributed by atoms with Gasteiger partial charge in [-0.1, -0.05) is 18.2 Å². The van der Waals surface area contributed by atoms with E-state index in [0.29, 0.717) is 0 Å². The van der Waals surface area contributed by atoms with Crippen molar-refractivity contribution in [1.29, 1.82) is 0 Å². The zero-order valence-electron chi connectivity index (χ0n) is 10.1. The fourth-order valence-electron chi connectivity index (χ4n) is 1.81. The van der Waals surface area contributed by atoms with Crippen LogP contribution in [-0.2, 0) is 0 Å². The molecule has 2 rings (SSSR count). The molecule has 1 aromatic heterocycles. The summed E-state index contributed by atoms with van der Waals surface area (Å²) in [6.07, 6.45) is 0. The van der Waals surface area contributed by atoms with Crippen molar-refractivity contribution in [3.8, 4) is 0 Å². The van der Waals surface area contributed by atoms with Crippen LogP contribution in [0.2, 0.25) is 0 Å². The molecule has 90 valence electrons. The molecule has 3 heteroatoms. The fourth-order valence-corrected chi connectivity index (χ4v) is 3.81. The van der Waals surface area contributed by atoms with Crippen molar-refractivity contribution in [3.05, 3.63) is 55.2 Å². The van der Waals surface area contributed by atoms with E-state index in [1.807, 2.05) is 0 Å². The lowest BCUT2D eigenvalue weighted by Crippen LogP contribution is -1.95. The summed E-state index contributed by atoms with van der Waals surface area (Å²) in [6.45, 7) is 6.35. The lowest BCUT2D eigenvalue weighted by atomic mass is 10.00. The summed E-state index contributed by atoms with van der Waals surface area (Å²) in [7, 11) is 0. The van der Waals surface area contributed by atoms with E-state index in [-0.39, 0.29) is 5.38 Å². The van der Waals surface area contributed by atoms with Crippen LogP contribution in [0.15, 0.2) is 28.1 Å². The van der Waals surface area contributed by atoms with E-state index in [1.165, 1.54) is 30.9 Å². The Balaban J connectivity index is 2.43. The molecule has 1 atom stereocenters. The number of halogens is 2. The average molecular weight is 330 g/mol. The number of rotatable bonds is 2. The van der Waals surface area contributed by atoms with Gasteiger partial charge in [0.05, 0.1) is 9.16 Å². The van der Waals surface area contributed by atoms with Crippen LogP contribution >= 0.6 is 38.9 Å². The molecule has 2 aromatic rings. The molecule has 0 saturated heterocycles. The van der Waals surface area contributed by atoms with Gasteiger partial charge in [-0.25, -0.2) is 0 Å². The normalized spacial score (nSPS) is 12.8. The highest BCUT2D eigenvalue weighted by molar-refractivity contribution is 9.11. The van der Waals surface area contributed by atoms with Crippen molar-refractivity contribution in [3.63, 3.8) is 0 Å². The van der Waals surface area contributed by atoms with E-state index >= 15 is 0 Å². The van der Waals surface area contributed by atoms with Gasteiger partial charge in [0.2, 0.25) is 0 Å². The largest absolute Gasteiger partial charge is 0.131 e. The quantitative estimate of drug-likeness (QED) is 0.614. The van der Waals surface area contributed by atoms with Crippen LogP contribution in [0.1, 0.15) is 32.5 Å². The first-order valence-electron chi connectivity index (χ1n) is 5.46. The predicted octanol–water partition coefficient (Wildman–Crippen LogP) is 5.76. The highest BCUT2D eigenvalue weighted by Gasteiger charge is 2.17. The highest BCUT2D eigenvalue weighted by atomic mass is 79.9. The Kier molecular flexibility index (Phi) is 3.96. The fraction of sp³-hybridized carbons (Fsp3) is 0.286. The molecule has 1 aromatic carbocycles. The second kappa shape index (κ2) is 5.13. The van der Waals surface area contributed by atoms with Crippen molar-refractivity contribution in [2.75, 3.05) is 0 Å². The van der Waals surface area contributed by atoms with Crippen LogP contribution in [0.4, 0.5) is 0 Å². The van der Waals surface area contributed by atoms with Crippen LogP contribution in [0.5, 0.6) is 0 Å². The molecule has 0 aliphatic carbocycles. The maximum absolute atomic E-state index is 6.58. The van der Waals surface area contributed by atoms with Crippen molar-refractivity contribution >= 4 is 38.9 Å². The summed E-state index contributed by atoms with van der Waals surface area (Å²) < 4.78 is 1.17. The van der Waals surface area contributed by atoms with Crippen molar-refractivity contribution in [2.24, 2.45) is 0 Å². The molecule has 0 N–H and O–H groups in total. The Morgan fingerprint density at radius 1 is 1.18 bits per heavy atom. The zero-order valence-corrected chi connectivity index (χ0v) is 13.2. The third kappa shape index (κ3) is 2.59.